The number of hydrogen-bond donors (Lipinski definition) is 1. The van der Waals surface area contributed by atoms with Crippen molar-refractivity contribution in [3.8, 4) is 11.1 Å². The van der Waals surface area contributed by atoms with Gasteiger partial charge in [-0.15, -0.1) is 11.3 Å². The summed E-state index contributed by atoms with van der Waals surface area (Å²) in [6.45, 7) is 5.70. The molecule has 0 saturated carbocycles. The first-order chi connectivity index (χ1) is 16.2. The Morgan fingerprint density at radius 2 is 1.58 bits per heavy atom. The molecule has 0 bridgehead atoms. The van der Waals surface area contributed by atoms with Crippen LogP contribution in [0.5, 0.6) is 0 Å². The van der Waals surface area contributed by atoms with E-state index < -0.39 is 0 Å². The van der Waals surface area contributed by atoms with Gasteiger partial charge in [0.1, 0.15) is 28.6 Å². The summed E-state index contributed by atoms with van der Waals surface area (Å²) in [6.07, 6.45) is 2.59. The van der Waals surface area contributed by atoms with E-state index in [9.17, 15) is 8.78 Å². The fourth-order valence-electron chi connectivity index (χ4n) is 4.24. The summed E-state index contributed by atoms with van der Waals surface area (Å²) in [4.78, 5) is 14.6. The zero-order chi connectivity index (χ0) is 22.6. The highest BCUT2D eigenvalue weighted by Gasteiger charge is 2.17. The molecule has 2 aromatic carbocycles. The number of benzene rings is 2. The maximum absolute atomic E-state index is 13.3. The lowest BCUT2D eigenvalue weighted by Gasteiger charge is -2.36. The van der Waals surface area contributed by atoms with Gasteiger partial charge in [0, 0.05) is 49.4 Å². The zero-order valence-corrected chi connectivity index (χ0v) is 19.0. The van der Waals surface area contributed by atoms with Crippen LogP contribution in [0.2, 0.25) is 0 Å². The second-order valence-electron chi connectivity index (χ2n) is 8.14. The van der Waals surface area contributed by atoms with Gasteiger partial charge < -0.3 is 10.2 Å². The molecule has 170 valence electrons. The minimum atomic E-state index is -0.244. The van der Waals surface area contributed by atoms with Gasteiger partial charge in [0.05, 0.1) is 5.39 Å². The third-order valence-electron chi connectivity index (χ3n) is 6.03. The first kappa shape index (κ1) is 21.7. The van der Waals surface area contributed by atoms with E-state index in [1.807, 2.05) is 12.1 Å². The van der Waals surface area contributed by atoms with Crippen LogP contribution in [-0.4, -0.2) is 54.1 Å². The highest BCUT2D eigenvalue weighted by molar-refractivity contribution is 7.17. The van der Waals surface area contributed by atoms with E-state index in [2.05, 4.69) is 30.5 Å². The molecule has 1 aliphatic rings. The van der Waals surface area contributed by atoms with Crippen molar-refractivity contribution in [3.05, 3.63) is 71.9 Å². The van der Waals surface area contributed by atoms with Crippen molar-refractivity contribution in [2.75, 3.05) is 49.5 Å². The van der Waals surface area contributed by atoms with Crippen LogP contribution in [0.25, 0.3) is 21.3 Å². The molecule has 1 aliphatic heterocycles. The lowest BCUT2D eigenvalue weighted by molar-refractivity contribution is 0.257. The Bertz CT molecular complexity index is 1200. The van der Waals surface area contributed by atoms with Crippen LogP contribution >= 0.6 is 11.3 Å². The predicted molar refractivity (Wildman–Crippen MR) is 131 cm³/mol. The van der Waals surface area contributed by atoms with Gasteiger partial charge in [-0.3, -0.25) is 4.90 Å². The van der Waals surface area contributed by atoms with Gasteiger partial charge in [0.15, 0.2) is 0 Å². The van der Waals surface area contributed by atoms with E-state index in [0.717, 1.165) is 78.5 Å². The Labute approximate surface area is 195 Å². The van der Waals surface area contributed by atoms with Gasteiger partial charge >= 0.3 is 0 Å². The van der Waals surface area contributed by atoms with Gasteiger partial charge in [0.2, 0.25) is 0 Å². The fourth-order valence-corrected chi connectivity index (χ4v) is 5.16. The second kappa shape index (κ2) is 9.80. The molecule has 0 atom stereocenters. The molecule has 0 spiro atoms. The third kappa shape index (κ3) is 4.96. The van der Waals surface area contributed by atoms with Crippen molar-refractivity contribution in [2.24, 2.45) is 0 Å². The predicted octanol–water partition coefficient (Wildman–Crippen LogP) is 5.26. The van der Waals surface area contributed by atoms with Crippen molar-refractivity contribution in [3.63, 3.8) is 0 Å². The van der Waals surface area contributed by atoms with E-state index in [-0.39, 0.29) is 11.6 Å². The highest BCUT2D eigenvalue weighted by Crippen LogP contribution is 2.36. The SMILES string of the molecule is Fc1ccc(-c2csc3ncnc(NCCCN4CCN(c5ccc(F)cc5)CC4)c23)cc1. The Morgan fingerprint density at radius 3 is 2.30 bits per heavy atom. The minimum Gasteiger partial charge on any atom is -0.369 e. The lowest BCUT2D eigenvalue weighted by Crippen LogP contribution is -2.46. The molecule has 0 radical (unpaired) electrons. The van der Waals surface area contributed by atoms with Crippen LogP contribution in [0.4, 0.5) is 20.3 Å². The molecule has 3 heterocycles. The number of thiophene rings is 1. The smallest absolute Gasteiger partial charge is 0.138 e. The third-order valence-corrected chi connectivity index (χ3v) is 6.92. The quantitative estimate of drug-likeness (QED) is 0.377. The molecule has 1 N–H and O–H groups in total. The molecular weight excluding hydrogens is 440 g/mol. The van der Waals surface area contributed by atoms with Crippen LogP contribution in [-0.2, 0) is 0 Å². The van der Waals surface area contributed by atoms with Crippen molar-refractivity contribution < 1.29 is 8.78 Å². The van der Waals surface area contributed by atoms with Crippen LogP contribution in [0.1, 0.15) is 6.42 Å². The van der Waals surface area contributed by atoms with Crippen molar-refractivity contribution in [2.45, 2.75) is 6.42 Å². The van der Waals surface area contributed by atoms with Crippen molar-refractivity contribution >= 4 is 33.1 Å². The summed E-state index contributed by atoms with van der Waals surface area (Å²) in [7, 11) is 0. The molecule has 5 nitrogen and oxygen atoms in total. The molecule has 1 saturated heterocycles. The van der Waals surface area contributed by atoms with Crippen LogP contribution < -0.4 is 10.2 Å². The van der Waals surface area contributed by atoms with Gasteiger partial charge in [-0.1, -0.05) is 12.1 Å². The number of halogens is 2. The molecule has 33 heavy (non-hydrogen) atoms. The average Bonchev–Trinajstić information content (AvgIpc) is 3.28. The molecular formula is C25H25F2N5S. The molecule has 0 aliphatic carbocycles. The summed E-state index contributed by atoms with van der Waals surface area (Å²) < 4.78 is 26.5. The molecule has 8 heteroatoms. The summed E-state index contributed by atoms with van der Waals surface area (Å²) in [5, 5.41) is 6.53. The standard InChI is InChI=1S/C25H25F2N5S/c26-19-4-2-18(3-5-19)22-16-33-25-23(22)24(29-17-30-25)28-10-1-11-31-12-14-32(15-13-31)21-8-6-20(27)7-9-21/h2-9,16-17H,1,10-15H2,(H,28,29,30). The largest absolute Gasteiger partial charge is 0.369 e. The Morgan fingerprint density at radius 1 is 0.879 bits per heavy atom. The first-order valence-corrected chi connectivity index (χ1v) is 12.0. The first-order valence-electron chi connectivity index (χ1n) is 11.1. The number of rotatable bonds is 7. The van der Waals surface area contributed by atoms with Gasteiger partial charge in [0.25, 0.3) is 0 Å². The molecule has 4 aromatic rings. The number of fused-ring (bicyclic) bond motifs is 1. The van der Waals surface area contributed by atoms with E-state index in [0.29, 0.717) is 0 Å². The van der Waals surface area contributed by atoms with Gasteiger partial charge in [-0.25, -0.2) is 18.7 Å². The van der Waals surface area contributed by atoms with E-state index in [1.54, 1.807) is 29.8 Å². The molecule has 5 rings (SSSR count). The maximum Gasteiger partial charge on any atom is 0.138 e. The Balaban J connectivity index is 1.16. The van der Waals surface area contributed by atoms with Crippen LogP contribution in [0.15, 0.2) is 60.2 Å². The summed E-state index contributed by atoms with van der Waals surface area (Å²) >= 11 is 1.57. The summed E-state index contributed by atoms with van der Waals surface area (Å²) in [6, 6.07) is 13.3. The number of aromatic nitrogens is 2. The van der Waals surface area contributed by atoms with E-state index in [1.165, 1.54) is 24.3 Å². The van der Waals surface area contributed by atoms with Gasteiger partial charge in [-0.05, 0) is 54.9 Å². The number of nitrogens with one attached hydrogen (secondary N) is 1. The number of piperazine rings is 1. The highest BCUT2D eigenvalue weighted by atomic mass is 32.1. The molecule has 0 amide bonds. The average molecular weight is 466 g/mol. The molecule has 2 aromatic heterocycles. The lowest BCUT2D eigenvalue weighted by atomic mass is 10.1. The van der Waals surface area contributed by atoms with E-state index >= 15 is 0 Å². The summed E-state index contributed by atoms with van der Waals surface area (Å²) in [5.74, 6) is 0.381. The van der Waals surface area contributed by atoms with Gasteiger partial charge in [-0.2, -0.15) is 0 Å². The molecule has 1 fully saturated rings. The fraction of sp³-hybridized carbons (Fsp3) is 0.280. The maximum atomic E-state index is 13.3. The molecule has 0 unspecified atom stereocenters. The second-order valence-corrected chi connectivity index (χ2v) is 9.00. The summed E-state index contributed by atoms with van der Waals surface area (Å²) in [5.41, 5.74) is 3.06. The van der Waals surface area contributed by atoms with Crippen LogP contribution in [0.3, 0.4) is 0 Å². The van der Waals surface area contributed by atoms with Crippen molar-refractivity contribution in [1.29, 1.82) is 0 Å². The zero-order valence-electron chi connectivity index (χ0n) is 18.2. The van der Waals surface area contributed by atoms with Crippen molar-refractivity contribution in [1.82, 2.24) is 14.9 Å². The number of hydrogen-bond acceptors (Lipinski definition) is 6. The Kier molecular flexibility index (Phi) is 6.46. The van der Waals surface area contributed by atoms with E-state index in [4.69, 9.17) is 0 Å². The monoisotopic (exact) mass is 465 g/mol. The number of nitrogens with zero attached hydrogens (tertiary/aromatic N) is 4. The Hall–Kier alpha value is -3.10. The van der Waals surface area contributed by atoms with Crippen LogP contribution in [0, 0.1) is 11.6 Å². The number of anilines is 2. The topological polar surface area (TPSA) is 44.3 Å². The minimum absolute atomic E-state index is 0.196. The normalized spacial score (nSPS) is 14.7.